The lowest BCUT2D eigenvalue weighted by Crippen LogP contribution is -2.40. The van der Waals surface area contributed by atoms with E-state index in [-0.39, 0.29) is 17.7 Å². The highest BCUT2D eigenvalue weighted by atomic mass is 16.2. The first-order valence-electron chi connectivity index (χ1n) is 10.5. The van der Waals surface area contributed by atoms with Gasteiger partial charge in [-0.2, -0.15) is 0 Å². The summed E-state index contributed by atoms with van der Waals surface area (Å²) < 4.78 is 0. The third-order valence-electron chi connectivity index (χ3n) is 5.50. The Bertz CT molecular complexity index is 1060. The Morgan fingerprint density at radius 2 is 1.90 bits per heavy atom. The summed E-state index contributed by atoms with van der Waals surface area (Å²) in [4.78, 5) is 40.4. The number of hydrogen-bond donors (Lipinski definition) is 1. The molecule has 3 aromatic rings. The van der Waals surface area contributed by atoms with E-state index in [1.165, 1.54) is 0 Å². The standard InChI is InChI=1S/C24H25N5O2/c1-17-20(23(30)27-14-18-8-3-2-4-9-18)15-26-22(28-17)19-10-7-13-29(16-19)24(31)21-11-5-6-12-25-21/h2-6,8-9,11-12,15,19H,7,10,13-14,16H2,1H3,(H,27,30)/t19-/m1/s1. The molecule has 0 radical (unpaired) electrons. The Kier molecular flexibility index (Phi) is 6.31. The monoisotopic (exact) mass is 415 g/mol. The summed E-state index contributed by atoms with van der Waals surface area (Å²) in [5.74, 6) is 0.458. The van der Waals surface area contributed by atoms with Crippen LogP contribution < -0.4 is 5.32 Å². The van der Waals surface area contributed by atoms with Gasteiger partial charge in [-0.05, 0) is 37.5 Å². The molecule has 0 unspecified atom stereocenters. The lowest BCUT2D eigenvalue weighted by molar-refractivity contribution is 0.0698. The van der Waals surface area contributed by atoms with Gasteiger partial charge in [0.05, 0.1) is 11.3 Å². The van der Waals surface area contributed by atoms with Gasteiger partial charge in [0.25, 0.3) is 11.8 Å². The van der Waals surface area contributed by atoms with Crippen LogP contribution in [-0.4, -0.2) is 44.8 Å². The molecule has 1 fully saturated rings. The van der Waals surface area contributed by atoms with Crippen LogP contribution in [-0.2, 0) is 6.54 Å². The second-order valence-electron chi connectivity index (χ2n) is 7.70. The van der Waals surface area contributed by atoms with Gasteiger partial charge in [-0.25, -0.2) is 9.97 Å². The fourth-order valence-electron chi connectivity index (χ4n) is 3.80. The number of benzene rings is 1. The van der Waals surface area contributed by atoms with Crippen LogP contribution in [0.2, 0.25) is 0 Å². The second-order valence-corrected chi connectivity index (χ2v) is 7.70. The molecular weight excluding hydrogens is 390 g/mol. The van der Waals surface area contributed by atoms with Gasteiger partial charge in [0.1, 0.15) is 11.5 Å². The van der Waals surface area contributed by atoms with Gasteiger partial charge in [0.2, 0.25) is 0 Å². The van der Waals surface area contributed by atoms with Gasteiger partial charge in [-0.1, -0.05) is 36.4 Å². The molecule has 1 aliphatic heterocycles. The van der Waals surface area contributed by atoms with Crippen molar-refractivity contribution in [3.8, 4) is 0 Å². The lowest BCUT2D eigenvalue weighted by Gasteiger charge is -2.32. The first kappa shape index (κ1) is 20.7. The van der Waals surface area contributed by atoms with Crippen LogP contribution in [0.3, 0.4) is 0 Å². The normalized spacial score (nSPS) is 16.0. The van der Waals surface area contributed by atoms with Crippen molar-refractivity contribution >= 4 is 11.8 Å². The quantitative estimate of drug-likeness (QED) is 0.692. The molecule has 1 aliphatic rings. The third kappa shape index (κ3) is 4.94. The molecule has 0 bridgehead atoms. The van der Waals surface area contributed by atoms with Crippen molar-refractivity contribution in [1.29, 1.82) is 0 Å². The van der Waals surface area contributed by atoms with Crippen LogP contribution in [0, 0.1) is 6.92 Å². The van der Waals surface area contributed by atoms with E-state index in [1.807, 2.05) is 48.2 Å². The third-order valence-corrected chi connectivity index (χ3v) is 5.50. The number of nitrogens with zero attached hydrogens (tertiary/aromatic N) is 4. The molecule has 0 aliphatic carbocycles. The second kappa shape index (κ2) is 9.47. The molecule has 7 heteroatoms. The highest BCUT2D eigenvalue weighted by Gasteiger charge is 2.28. The van der Waals surface area contributed by atoms with Crippen LogP contribution in [0.4, 0.5) is 0 Å². The zero-order chi connectivity index (χ0) is 21.6. The Morgan fingerprint density at radius 1 is 1.10 bits per heavy atom. The van der Waals surface area contributed by atoms with Gasteiger partial charge < -0.3 is 10.2 Å². The predicted octanol–water partition coefficient (Wildman–Crippen LogP) is 3.13. The van der Waals surface area contributed by atoms with Gasteiger partial charge in [-0.3, -0.25) is 14.6 Å². The van der Waals surface area contributed by atoms with Crippen LogP contribution in [0.5, 0.6) is 0 Å². The molecule has 2 aromatic heterocycles. The highest BCUT2D eigenvalue weighted by molar-refractivity contribution is 5.94. The molecule has 0 saturated carbocycles. The predicted molar refractivity (Wildman–Crippen MR) is 116 cm³/mol. The van der Waals surface area contributed by atoms with Gasteiger partial charge in [-0.15, -0.1) is 0 Å². The van der Waals surface area contributed by atoms with Gasteiger partial charge in [0.15, 0.2) is 0 Å². The Hall–Kier alpha value is -3.61. The molecule has 1 atom stereocenters. The van der Waals surface area contributed by atoms with E-state index in [4.69, 9.17) is 0 Å². The number of aryl methyl sites for hydroxylation is 1. The van der Waals surface area contributed by atoms with Crippen molar-refractivity contribution in [1.82, 2.24) is 25.2 Å². The average molecular weight is 415 g/mol. The fourth-order valence-corrected chi connectivity index (χ4v) is 3.80. The minimum atomic E-state index is -0.191. The number of nitrogens with one attached hydrogen (secondary N) is 1. The Morgan fingerprint density at radius 3 is 2.65 bits per heavy atom. The molecule has 4 rings (SSSR count). The smallest absolute Gasteiger partial charge is 0.272 e. The molecular formula is C24H25N5O2. The molecule has 0 spiro atoms. The van der Waals surface area contributed by atoms with E-state index >= 15 is 0 Å². The Labute approximate surface area is 181 Å². The molecule has 31 heavy (non-hydrogen) atoms. The van der Waals surface area contributed by atoms with Crippen LogP contribution in [0.25, 0.3) is 0 Å². The number of piperidine rings is 1. The minimum absolute atomic E-state index is 0.0431. The van der Waals surface area contributed by atoms with Crippen molar-refractivity contribution in [2.24, 2.45) is 0 Å². The van der Waals surface area contributed by atoms with E-state index in [1.54, 1.807) is 24.5 Å². The summed E-state index contributed by atoms with van der Waals surface area (Å²) >= 11 is 0. The average Bonchev–Trinajstić information content (AvgIpc) is 2.83. The minimum Gasteiger partial charge on any atom is -0.348 e. The van der Waals surface area contributed by atoms with Crippen molar-refractivity contribution < 1.29 is 9.59 Å². The van der Waals surface area contributed by atoms with Crippen molar-refractivity contribution in [3.63, 3.8) is 0 Å². The number of pyridine rings is 1. The Balaban J connectivity index is 1.42. The maximum atomic E-state index is 12.7. The van der Waals surface area contributed by atoms with E-state index in [0.717, 1.165) is 18.4 Å². The summed E-state index contributed by atoms with van der Waals surface area (Å²) in [7, 11) is 0. The maximum Gasteiger partial charge on any atom is 0.272 e. The molecule has 2 amide bonds. The van der Waals surface area contributed by atoms with Gasteiger partial charge >= 0.3 is 0 Å². The maximum absolute atomic E-state index is 12.7. The van der Waals surface area contributed by atoms with E-state index in [9.17, 15) is 9.59 Å². The molecule has 1 aromatic carbocycles. The fraction of sp³-hybridized carbons (Fsp3) is 0.292. The molecule has 1 N–H and O–H groups in total. The van der Waals surface area contributed by atoms with Crippen molar-refractivity contribution in [2.45, 2.75) is 32.2 Å². The van der Waals surface area contributed by atoms with E-state index in [0.29, 0.717) is 42.4 Å². The molecule has 158 valence electrons. The first-order chi connectivity index (χ1) is 15.1. The van der Waals surface area contributed by atoms with Crippen LogP contribution in [0.15, 0.2) is 60.9 Å². The van der Waals surface area contributed by atoms with Crippen LogP contribution in [0.1, 0.15) is 56.7 Å². The molecule has 3 heterocycles. The zero-order valence-corrected chi connectivity index (χ0v) is 17.5. The number of carbonyl (C=O) groups is 2. The van der Waals surface area contributed by atoms with E-state index < -0.39 is 0 Å². The summed E-state index contributed by atoms with van der Waals surface area (Å²) in [5, 5.41) is 2.92. The number of amides is 2. The molecule has 1 saturated heterocycles. The van der Waals surface area contributed by atoms with Crippen LogP contribution >= 0.6 is 0 Å². The number of hydrogen-bond acceptors (Lipinski definition) is 5. The summed E-state index contributed by atoms with van der Waals surface area (Å²) in [6, 6.07) is 15.1. The van der Waals surface area contributed by atoms with E-state index in [2.05, 4.69) is 20.3 Å². The highest BCUT2D eigenvalue weighted by Crippen LogP contribution is 2.25. The summed E-state index contributed by atoms with van der Waals surface area (Å²) in [6.45, 7) is 3.52. The molecule has 7 nitrogen and oxygen atoms in total. The van der Waals surface area contributed by atoms with Crippen molar-refractivity contribution in [2.75, 3.05) is 13.1 Å². The van der Waals surface area contributed by atoms with Crippen molar-refractivity contribution in [3.05, 3.63) is 89.3 Å². The topological polar surface area (TPSA) is 88.1 Å². The SMILES string of the molecule is Cc1nc([C@@H]2CCCN(C(=O)c3ccccn3)C2)ncc1C(=O)NCc1ccccc1. The number of carbonyl (C=O) groups excluding carboxylic acids is 2. The summed E-state index contributed by atoms with van der Waals surface area (Å²) in [5.41, 5.74) is 2.59. The number of rotatable bonds is 5. The number of aromatic nitrogens is 3. The lowest BCUT2D eigenvalue weighted by atomic mass is 9.96. The largest absolute Gasteiger partial charge is 0.348 e. The number of likely N-dealkylation sites (tertiary alicyclic amines) is 1. The zero-order valence-electron chi connectivity index (χ0n) is 17.5. The first-order valence-corrected chi connectivity index (χ1v) is 10.5. The van der Waals surface area contributed by atoms with Gasteiger partial charge in [0, 0.05) is 37.9 Å². The summed E-state index contributed by atoms with van der Waals surface area (Å²) in [6.07, 6.45) is 5.01.